The molecule has 0 spiro atoms. The van der Waals surface area contributed by atoms with Gasteiger partial charge in [-0.15, -0.1) is 0 Å². The van der Waals surface area contributed by atoms with Crippen LogP contribution in [-0.2, 0) is 23.1 Å². The molecule has 2 rings (SSSR count). The summed E-state index contributed by atoms with van der Waals surface area (Å²) in [7, 11) is -3.23. The molecule has 0 atom stereocenters. The summed E-state index contributed by atoms with van der Waals surface area (Å²) in [5, 5.41) is 11.3. The van der Waals surface area contributed by atoms with Gasteiger partial charge in [0.2, 0.25) is 9.84 Å². The molecule has 1 aromatic carbocycles. The van der Waals surface area contributed by atoms with Gasteiger partial charge in [-0.25, -0.2) is 8.42 Å². The second-order valence-corrected chi connectivity index (χ2v) is 5.94. The van der Waals surface area contributed by atoms with Gasteiger partial charge >= 0.3 is 6.18 Å². The summed E-state index contributed by atoms with van der Waals surface area (Å²) >= 11 is 0. The lowest BCUT2D eigenvalue weighted by Crippen LogP contribution is -2.10. The first-order valence-electron chi connectivity index (χ1n) is 5.54. The average molecular weight is 315 g/mol. The van der Waals surface area contributed by atoms with E-state index < -0.39 is 32.3 Å². The van der Waals surface area contributed by atoms with Gasteiger partial charge in [-0.3, -0.25) is 4.68 Å². The van der Waals surface area contributed by atoms with Gasteiger partial charge in [-0.1, -0.05) is 18.2 Å². The van der Waals surface area contributed by atoms with Crippen LogP contribution in [0.4, 0.5) is 13.2 Å². The smallest absolute Gasteiger partial charge is 0.255 e. The number of sulfone groups is 1. The second-order valence-electron chi connectivity index (χ2n) is 4.08. The Morgan fingerprint density at radius 1 is 1.24 bits per heavy atom. The first kappa shape index (κ1) is 15.1. The summed E-state index contributed by atoms with van der Waals surface area (Å²) in [4.78, 5) is -0.210. The number of rotatable bonds is 2. The first-order chi connectivity index (χ1) is 9.69. The number of aryl methyl sites for hydroxylation is 1. The van der Waals surface area contributed by atoms with Gasteiger partial charge in [0.1, 0.15) is 11.6 Å². The molecular weight excluding hydrogens is 307 g/mol. The van der Waals surface area contributed by atoms with Gasteiger partial charge in [0.25, 0.3) is 0 Å². The molecule has 0 radical (unpaired) electrons. The normalized spacial score (nSPS) is 12.1. The third-order valence-electron chi connectivity index (χ3n) is 2.68. The van der Waals surface area contributed by atoms with Gasteiger partial charge in [0.15, 0.2) is 10.7 Å². The number of halogens is 3. The lowest BCUT2D eigenvalue weighted by Gasteiger charge is -2.05. The fraction of sp³-hybridized carbons (Fsp3) is 0.167. The fourth-order valence-corrected chi connectivity index (χ4v) is 3.37. The standard InChI is InChI=1S/C12H8F3N3O2S/c1-18-11(9(7-16)10(17-18)12(13,14)15)21(19,20)8-5-3-2-4-6-8/h2-6H,1H3. The summed E-state index contributed by atoms with van der Waals surface area (Å²) in [5.74, 6) is 0. The van der Waals surface area contributed by atoms with Crippen LogP contribution in [0.5, 0.6) is 0 Å². The molecular formula is C12H8F3N3O2S. The summed E-state index contributed by atoms with van der Waals surface area (Å²) < 4.78 is 63.7. The predicted molar refractivity (Wildman–Crippen MR) is 64.8 cm³/mol. The van der Waals surface area contributed by atoms with Crippen molar-refractivity contribution in [1.82, 2.24) is 9.78 Å². The molecule has 0 bridgehead atoms. The van der Waals surface area contributed by atoms with Crippen LogP contribution in [0.15, 0.2) is 40.3 Å². The molecule has 0 saturated heterocycles. The van der Waals surface area contributed by atoms with Gasteiger partial charge in [0, 0.05) is 7.05 Å². The highest BCUT2D eigenvalue weighted by Gasteiger charge is 2.42. The van der Waals surface area contributed by atoms with Crippen LogP contribution >= 0.6 is 0 Å². The highest BCUT2D eigenvalue weighted by Crippen LogP contribution is 2.35. The van der Waals surface area contributed by atoms with E-state index in [0.29, 0.717) is 4.68 Å². The number of alkyl halides is 3. The molecule has 0 aliphatic heterocycles. The molecule has 0 N–H and O–H groups in total. The summed E-state index contributed by atoms with van der Waals surface area (Å²) in [6, 6.07) is 8.18. The molecule has 2 aromatic rings. The molecule has 0 aliphatic rings. The monoisotopic (exact) mass is 315 g/mol. The zero-order chi connectivity index (χ0) is 15.8. The Balaban J connectivity index is 2.78. The van der Waals surface area contributed by atoms with E-state index in [1.54, 1.807) is 6.07 Å². The SMILES string of the molecule is Cn1nc(C(F)(F)F)c(C#N)c1S(=O)(=O)c1ccccc1. The van der Waals surface area contributed by atoms with Gasteiger partial charge in [0.05, 0.1) is 4.90 Å². The Morgan fingerprint density at radius 2 is 1.81 bits per heavy atom. The maximum absolute atomic E-state index is 12.8. The quantitative estimate of drug-likeness (QED) is 0.851. The Kier molecular flexibility index (Phi) is 3.51. The zero-order valence-electron chi connectivity index (χ0n) is 10.6. The number of benzene rings is 1. The van der Waals surface area contributed by atoms with Crippen molar-refractivity contribution in [3.8, 4) is 6.07 Å². The van der Waals surface area contributed by atoms with Crippen molar-refractivity contribution >= 4 is 9.84 Å². The second kappa shape index (κ2) is 4.89. The molecule has 9 heteroatoms. The molecule has 0 amide bonds. The number of hydrogen-bond donors (Lipinski definition) is 0. The lowest BCUT2D eigenvalue weighted by molar-refractivity contribution is -0.141. The molecule has 1 heterocycles. The van der Waals surface area contributed by atoms with E-state index in [1.807, 2.05) is 0 Å². The van der Waals surface area contributed by atoms with Gasteiger partial charge < -0.3 is 0 Å². The Bertz CT molecular complexity index is 818. The van der Waals surface area contributed by atoms with Crippen LogP contribution in [0.25, 0.3) is 0 Å². The maximum Gasteiger partial charge on any atom is 0.436 e. The molecule has 1 aromatic heterocycles. The van der Waals surface area contributed by atoms with Crippen molar-refractivity contribution in [3.05, 3.63) is 41.6 Å². The van der Waals surface area contributed by atoms with Gasteiger partial charge in [-0.2, -0.15) is 23.5 Å². The molecule has 0 aliphatic carbocycles. The highest BCUT2D eigenvalue weighted by atomic mass is 32.2. The Hall–Kier alpha value is -2.34. The van der Waals surface area contributed by atoms with E-state index in [4.69, 9.17) is 5.26 Å². The van der Waals surface area contributed by atoms with Crippen molar-refractivity contribution in [1.29, 1.82) is 5.26 Å². The average Bonchev–Trinajstić information content (AvgIpc) is 2.77. The van der Waals surface area contributed by atoms with Gasteiger partial charge in [-0.05, 0) is 12.1 Å². The van der Waals surface area contributed by atoms with Crippen LogP contribution in [0.1, 0.15) is 11.3 Å². The van der Waals surface area contributed by atoms with E-state index >= 15 is 0 Å². The van der Waals surface area contributed by atoms with Crippen molar-refractivity contribution in [2.45, 2.75) is 16.1 Å². The van der Waals surface area contributed by atoms with Crippen LogP contribution in [-0.4, -0.2) is 18.2 Å². The van der Waals surface area contributed by atoms with Crippen molar-refractivity contribution in [3.63, 3.8) is 0 Å². The van der Waals surface area contributed by atoms with Crippen molar-refractivity contribution in [2.75, 3.05) is 0 Å². The minimum Gasteiger partial charge on any atom is -0.255 e. The third kappa shape index (κ3) is 2.50. The van der Waals surface area contributed by atoms with E-state index in [9.17, 15) is 21.6 Å². The van der Waals surface area contributed by atoms with Crippen LogP contribution in [0.2, 0.25) is 0 Å². The Morgan fingerprint density at radius 3 is 2.29 bits per heavy atom. The topological polar surface area (TPSA) is 75.8 Å². The highest BCUT2D eigenvalue weighted by molar-refractivity contribution is 7.91. The zero-order valence-corrected chi connectivity index (χ0v) is 11.4. The van der Waals surface area contributed by atoms with E-state index in [-0.39, 0.29) is 4.90 Å². The summed E-state index contributed by atoms with van der Waals surface area (Å²) in [6.45, 7) is 0. The molecule has 110 valence electrons. The Labute approximate surface area is 118 Å². The minimum absolute atomic E-state index is 0.210. The largest absolute Gasteiger partial charge is 0.436 e. The number of nitriles is 1. The van der Waals surface area contributed by atoms with Crippen molar-refractivity contribution in [2.24, 2.45) is 7.05 Å². The van der Waals surface area contributed by atoms with E-state index in [1.165, 1.54) is 30.3 Å². The van der Waals surface area contributed by atoms with Crippen LogP contribution in [0, 0.1) is 11.3 Å². The number of nitrogens with zero attached hydrogens (tertiary/aromatic N) is 3. The summed E-state index contributed by atoms with van der Waals surface area (Å²) in [6.07, 6.45) is -4.91. The number of hydrogen-bond acceptors (Lipinski definition) is 4. The first-order valence-corrected chi connectivity index (χ1v) is 7.02. The summed E-state index contributed by atoms with van der Waals surface area (Å²) in [5.41, 5.74) is -2.52. The van der Waals surface area contributed by atoms with Crippen molar-refractivity contribution < 1.29 is 21.6 Å². The molecule has 5 nitrogen and oxygen atoms in total. The molecule has 0 saturated carbocycles. The molecule has 0 unspecified atom stereocenters. The van der Waals surface area contributed by atoms with E-state index in [0.717, 1.165) is 7.05 Å². The fourth-order valence-electron chi connectivity index (χ4n) is 1.83. The predicted octanol–water partition coefficient (Wildman–Crippen LogP) is 2.14. The van der Waals surface area contributed by atoms with Crippen LogP contribution in [0.3, 0.4) is 0 Å². The maximum atomic E-state index is 12.8. The molecule has 21 heavy (non-hydrogen) atoms. The van der Waals surface area contributed by atoms with Crippen LogP contribution < -0.4 is 0 Å². The molecule has 0 fully saturated rings. The third-order valence-corrected chi connectivity index (χ3v) is 4.55. The minimum atomic E-state index is -4.91. The van der Waals surface area contributed by atoms with E-state index in [2.05, 4.69) is 5.10 Å². The number of aromatic nitrogens is 2. The lowest BCUT2D eigenvalue weighted by atomic mass is 10.2.